The second-order valence-electron chi connectivity index (χ2n) is 6.15. The predicted molar refractivity (Wildman–Crippen MR) is 91.9 cm³/mol. The molecule has 7 heteroatoms. The normalized spacial score (nSPS) is 16.9. The molecule has 0 unspecified atom stereocenters. The number of thiazole rings is 1. The second kappa shape index (κ2) is 6.70. The summed E-state index contributed by atoms with van der Waals surface area (Å²) in [6.45, 7) is 9.33. The minimum Gasteiger partial charge on any atom is -0.345 e. The molecule has 6 nitrogen and oxygen atoms in total. The van der Waals surface area contributed by atoms with Gasteiger partial charge in [0.2, 0.25) is 5.91 Å². The van der Waals surface area contributed by atoms with Gasteiger partial charge >= 0.3 is 0 Å². The lowest BCUT2D eigenvalue weighted by atomic mass is 10.2. The molecule has 1 aliphatic rings. The summed E-state index contributed by atoms with van der Waals surface area (Å²) in [6.07, 6.45) is 5.51. The van der Waals surface area contributed by atoms with Crippen LogP contribution in [0.4, 0.5) is 5.13 Å². The fraction of sp³-hybridized carbons (Fsp3) is 0.562. The number of amides is 1. The van der Waals surface area contributed by atoms with Crippen molar-refractivity contribution in [3.05, 3.63) is 29.8 Å². The molecule has 0 aliphatic carbocycles. The number of nitrogens with zero attached hydrogens (tertiary/aromatic N) is 5. The molecular weight excluding hydrogens is 310 g/mol. The Bertz CT molecular complexity index is 643. The highest BCUT2D eigenvalue weighted by Gasteiger charge is 2.27. The number of carbonyl (C=O) groups excluding carboxylic acids is 1. The van der Waals surface area contributed by atoms with Gasteiger partial charge in [-0.3, -0.25) is 4.79 Å². The number of hydrogen-bond acceptors (Lipinski definition) is 5. The van der Waals surface area contributed by atoms with Crippen molar-refractivity contribution in [1.82, 2.24) is 19.4 Å². The van der Waals surface area contributed by atoms with E-state index in [1.54, 1.807) is 17.5 Å². The van der Waals surface area contributed by atoms with E-state index in [0.29, 0.717) is 5.92 Å². The quantitative estimate of drug-likeness (QED) is 0.862. The average molecular weight is 333 g/mol. The third kappa shape index (κ3) is 3.24. The van der Waals surface area contributed by atoms with Crippen molar-refractivity contribution in [3.63, 3.8) is 0 Å². The number of rotatable bonds is 4. The zero-order valence-corrected chi connectivity index (χ0v) is 14.7. The van der Waals surface area contributed by atoms with Crippen LogP contribution >= 0.6 is 11.3 Å². The van der Waals surface area contributed by atoms with Gasteiger partial charge in [0.05, 0.1) is 0 Å². The third-order valence-corrected chi connectivity index (χ3v) is 5.10. The van der Waals surface area contributed by atoms with Crippen LogP contribution in [0.5, 0.6) is 0 Å². The van der Waals surface area contributed by atoms with Gasteiger partial charge in [0.25, 0.3) is 0 Å². The maximum Gasteiger partial charge on any atom is 0.245 e. The lowest BCUT2D eigenvalue weighted by Crippen LogP contribution is -2.50. The van der Waals surface area contributed by atoms with E-state index in [4.69, 9.17) is 0 Å². The van der Waals surface area contributed by atoms with Crippen molar-refractivity contribution in [2.45, 2.75) is 32.7 Å². The van der Waals surface area contributed by atoms with E-state index in [2.05, 4.69) is 28.7 Å². The molecule has 1 amide bonds. The SMILES string of the molecule is CC(C)c1nccn1[C@@H](C)C(=O)N1CCN(c2nccs2)CC1. The molecule has 1 aliphatic heterocycles. The first-order valence-corrected chi connectivity index (χ1v) is 8.92. The van der Waals surface area contributed by atoms with Crippen molar-refractivity contribution < 1.29 is 4.79 Å². The molecule has 0 saturated carbocycles. The van der Waals surface area contributed by atoms with Crippen molar-refractivity contribution >= 4 is 22.4 Å². The highest BCUT2D eigenvalue weighted by atomic mass is 32.1. The van der Waals surface area contributed by atoms with Gasteiger partial charge in [-0.05, 0) is 6.92 Å². The number of anilines is 1. The van der Waals surface area contributed by atoms with Crippen LogP contribution in [-0.4, -0.2) is 51.5 Å². The highest BCUT2D eigenvalue weighted by Crippen LogP contribution is 2.22. The van der Waals surface area contributed by atoms with E-state index in [0.717, 1.165) is 37.1 Å². The topological polar surface area (TPSA) is 54.3 Å². The van der Waals surface area contributed by atoms with Gasteiger partial charge in [0, 0.05) is 56.1 Å². The number of hydrogen-bond donors (Lipinski definition) is 0. The van der Waals surface area contributed by atoms with Gasteiger partial charge in [-0.25, -0.2) is 9.97 Å². The van der Waals surface area contributed by atoms with Crippen LogP contribution in [0.3, 0.4) is 0 Å². The van der Waals surface area contributed by atoms with Crippen molar-refractivity contribution in [1.29, 1.82) is 0 Å². The lowest BCUT2D eigenvalue weighted by molar-refractivity contribution is -0.134. The van der Waals surface area contributed by atoms with Gasteiger partial charge in [-0.2, -0.15) is 0 Å². The zero-order valence-electron chi connectivity index (χ0n) is 13.8. The Hall–Kier alpha value is -1.89. The van der Waals surface area contributed by atoms with E-state index in [-0.39, 0.29) is 11.9 Å². The van der Waals surface area contributed by atoms with Crippen LogP contribution in [0.15, 0.2) is 24.0 Å². The van der Waals surface area contributed by atoms with Gasteiger partial charge in [-0.15, -0.1) is 11.3 Å². The standard InChI is InChI=1S/C16H23N5OS/c1-12(2)14-17-4-6-21(14)13(3)15(22)19-7-9-20(10-8-19)16-18-5-11-23-16/h4-6,11-13H,7-10H2,1-3H3/t13-/m0/s1. The molecule has 1 saturated heterocycles. The average Bonchev–Trinajstić information content (AvgIpc) is 3.24. The summed E-state index contributed by atoms with van der Waals surface area (Å²) in [4.78, 5) is 25.7. The minimum atomic E-state index is -0.207. The molecule has 0 N–H and O–H groups in total. The lowest BCUT2D eigenvalue weighted by Gasteiger charge is -2.36. The zero-order chi connectivity index (χ0) is 16.4. The number of aromatic nitrogens is 3. The molecule has 1 fully saturated rings. The van der Waals surface area contributed by atoms with E-state index in [1.807, 2.05) is 34.2 Å². The van der Waals surface area contributed by atoms with Crippen LogP contribution in [-0.2, 0) is 4.79 Å². The van der Waals surface area contributed by atoms with E-state index in [1.165, 1.54) is 0 Å². The van der Waals surface area contributed by atoms with Crippen LogP contribution in [0.1, 0.15) is 38.6 Å². The van der Waals surface area contributed by atoms with Crippen LogP contribution < -0.4 is 4.90 Å². The largest absolute Gasteiger partial charge is 0.345 e. The smallest absolute Gasteiger partial charge is 0.245 e. The fourth-order valence-corrected chi connectivity index (χ4v) is 3.67. The minimum absolute atomic E-state index is 0.170. The highest BCUT2D eigenvalue weighted by molar-refractivity contribution is 7.13. The Labute approximate surface area is 140 Å². The van der Waals surface area contributed by atoms with Crippen molar-refractivity contribution in [3.8, 4) is 0 Å². The second-order valence-corrected chi connectivity index (χ2v) is 7.02. The van der Waals surface area contributed by atoms with Gasteiger partial charge in [0.15, 0.2) is 5.13 Å². The summed E-state index contributed by atoms with van der Waals surface area (Å²) in [5.41, 5.74) is 0. The Morgan fingerprint density at radius 3 is 2.48 bits per heavy atom. The molecule has 1 atom stereocenters. The van der Waals surface area contributed by atoms with Crippen LogP contribution in [0.2, 0.25) is 0 Å². The maximum atomic E-state index is 12.8. The van der Waals surface area contributed by atoms with Gasteiger partial charge in [0.1, 0.15) is 11.9 Å². The summed E-state index contributed by atoms with van der Waals surface area (Å²) in [6, 6.07) is -0.207. The Kier molecular flexibility index (Phi) is 4.66. The number of piperazine rings is 1. The van der Waals surface area contributed by atoms with Crippen LogP contribution in [0.25, 0.3) is 0 Å². The predicted octanol–water partition coefficient (Wildman–Crippen LogP) is 2.37. The van der Waals surface area contributed by atoms with Crippen LogP contribution in [0, 0.1) is 0 Å². The first kappa shape index (κ1) is 16.0. The van der Waals surface area contributed by atoms with Crippen molar-refractivity contribution in [2.24, 2.45) is 0 Å². The Balaban J connectivity index is 1.64. The number of carbonyl (C=O) groups is 1. The summed E-state index contributed by atoms with van der Waals surface area (Å²) >= 11 is 1.65. The molecule has 0 radical (unpaired) electrons. The monoisotopic (exact) mass is 333 g/mol. The molecule has 3 heterocycles. The Morgan fingerprint density at radius 1 is 1.13 bits per heavy atom. The molecular formula is C16H23N5OS. The number of imidazole rings is 1. The van der Waals surface area contributed by atoms with E-state index >= 15 is 0 Å². The summed E-state index contributed by atoms with van der Waals surface area (Å²) < 4.78 is 2.00. The molecule has 2 aromatic rings. The molecule has 3 rings (SSSR count). The van der Waals surface area contributed by atoms with E-state index in [9.17, 15) is 4.79 Å². The molecule has 23 heavy (non-hydrogen) atoms. The molecule has 0 bridgehead atoms. The van der Waals surface area contributed by atoms with E-state index < -0.39 is 0 Å². The summed E-state index contributed by atoms with van der Waals surface area (Å²) in [7, 11) is 0. The first-order chi connectivity index (χ1) is 11.1. The fourth-order valence-electron chi connectivity index (χ4n) is 2.97. The molecule has 2 aromatic heterocycles. The first-order valence-electron chi connectivity index (χ1n) is 8.04. The Morgan fingerprint density at radius 2 is 1.87 bits per heavy atom. The third-order valence-electron chi connectivity index (χ3n) is 4.27. The molecule has 124 valence electrons. The molecule has 0 spiro atoms. The molecule has 0 aromatic carbocycles. The summed E-state index contributed by atoms with van der Waals surface area (Å²) in [5.74, 6) is 1.44. The van der Waals surface area contributed by atoms with Gasteiger partial charge < -0.3 is 14.4 Å². The van der Waals surface area contributed by atoms with Gasteiger partial charge in [-0.1, -0.05) is 13.8 Å². The maximum absolute atomic E-state index is 12.8. The van der Waals surface area contributed by atoms with Crippen molar-refractivity contribution in [2.75, 3.05) is 31.1 Å². The summed E-state index contributed by atoms with van der Waals surface area (Å²) in [5, 5.41) is 3.03.